The number of nitrogens with zero attached hydrogens (tertiary/aromatic N) is 1. The van der Waals surface area contributed by atoms with Gasteiger partial charge in [0.2, 0.25) is 0 Å². The molecule has 0 aliphatic carbocycles. The van der Waals surface area contributed by atoms with Gasteiger partial charge in [-0.1, -0.05) is 63.1 Å². The first-order valence-electron chi connectivity index (χ1n) is 8.08. The van der Waals surface area contributed by atoms with E-state index < -0.39 is 10.0 Å². The Morgan fingerprint density at radius 2 is 1.78 bits per heavy atom. The first kappa shape index (κ1) is 17.8. The molecule has 0 amide bonds. The molecule has 23 heavy (non-hydrogen) atoms. The van der Waals surface area contributed by atoms with Crippen molar-refractivity contribution in [2.75, 3.05) is 6.54 Å². The second kappa shape index (κ2) is 6.52. The van der Waals surface area contributed by atoms with Gasteiger partial charge in [-0.05, 0) is 36.8 Å². The fourth-order valence-electron chi connectivity index (χ4n) is 2.70. The van der Waals surface area contributed by atoms with Crippen LogP contribution >= 0.6 is 0 Å². The Bertz CT molecular complexity index is 707. The summed E-state index contributed by atoms with van der Waals surface area (Å²) in [4.78, 5) is 0.351. The van der Waals surface area contributed by atoms with Gasteiger partial charge in [0.25, 0.3) is 10.0 Å². The molecular formula is C19H27NO2S. The molecule has 0 radical (unpaired) electrons. The minimum atomic E-state index is -3.47. The molecule has 3 nitrogen and oxygen atoms in total. The molecule has 1 aromatic carbocycles. The van der Waals surface area contributed by atoms with E-state index in [2.05, 4.69) is 33.8 Å². The third-order valence-corrected chi connectivity index (χ3v) is 5.78. The number of benzene rings is 1. The molecule has 1 atom stereocenters. The summed E-state index contributed by atoms with van der Waals surface area (Å²) >= 11 is 0. The van der Waals surface area contributed by atoms with Gasteiger partial charge in [0.05, 0.1) is 4.90 Å². The second-order valence-corrected chi connectivity index (χ2v) is 9.28. The highest BCUT2D eigenvalue weighted by molar-refractivity contribution is 7.89. The van der Waals surface area contributed by atoms with E-state index in [0.29, 0.717) is 11.4 Å². The molecule has 1 unspecified atom stereocenters. The maximum atomic E-state index is 12.8. The third-order valence-electron chi connectivity index (χ3n) is 3.99. The van der Waals surface area contributed by atoms with Crippen molar-refractivity contribution in [3.63, 3.8) is 0 Å². The van der Waals surface area contributed by atoms with Crippen molar-refractivity contribution in [1.82, 2.24) is 4.31 Å². The van der Waals surface area contributed by atoms with Crippen molar-refractivity contribution >= 4 is 10.0 Å². The number of sulfonamides is 1. The molecule has 1 heterocycles. The molecule has 0 N–H and O–H groups in total. The lowest BCUT2D eigenvalue weighted by Gasteiger charge is -2.21. The quantitative estimate of drug-likeness (QED) is 0.747. The van der Waals surface area contributed by atoms with E-state index in [4.69, 9.17) is 0 Å². The Hall–Kier alpha value is -1.55. The van der Waals surface area contributed by atoms with Crippen LogP contribution in [0.2, 0.25) is 0 Å². The van der Waals surface area contributed by atoms with Gasteiger partial charge >= 0.3 is 0 Å². The van der Waals surface area contributed by atoms with E-state index in [0.717, 1.165) is 12.0 Å². The smallest absolute Gasteiger partial charge is 0.263 e. The Morgan fingerprint density at radius 1 is 1.17 bits per heavy atom. The summed E-state index contributed by atoms with van der Waals surface area (Å²) in [6.07, 6.45) is 6.74. The van der Waals surface area contributed by atoms with Crippen LogP contribution in [-0.4, -0.2) is 19.3 Å². The van der Waals surface area contributed by atoms with Crippen LogP contribution in [0.1, 0.15) is 39.7 Å². The number of hydrogen-bond acceptors (Lipinski definition) is 2. The van der Waals surface area contributed by atoms with E-state index in [-0.39, 0.29) is 11.3 Å². The average molecular weight is 333 g/mol. The van der Waals surface area contributed by atoms with E-state index in [1.54, 1.807) is 18.3 Å². The highest BCUT2D eigenvalue weighted by Crippen LogP contribution is 2.29. The van der Waals surface area contributed by atoms with Crippen molar-refractivity contribution in [1.29, 1.82) is 0 Å². The lowest BCUT2D eigenvalue weighted by atomic mass is 9.88. The average Bonchev–Trinajstić information content (AvgIpc) is 2.61. The van der Waals surface area contributed by atoms with E-state index in [1.165, 1.54) is 9.88 Å². The van der Waals surface area contributed by atoms with Crippen molar-refractivity contribution < 1.29 is 8.42 Å². The molecule has 1 aliphatic heterocycles. The summed E-state index contributed by atoms with van der Waals surface area (Å²) in [5, 5.41) is 0. The van der Waals surface area contributed by atoms with Crippen LogP contribution in [0.3, 0.4) is 0 Å². The van der Waals surface area contributed by atoms with E-state index >= 15 is 0 Å². The van der Waals surface area contributed by atoms with Gasteiger partial charge in [-0.25, -0.2) is 8.42 Å². The van der Waals surface area contributed by atoms with Gasteiger partial charge in [0.1, 0.15) is 0 Å². The van der Waals surface area contributed by atoms with E-state index in [9.17, 15) is 8.42 Å². The molecule has 126 valence electrons. The Morgan fingerprint density at radius 3 is 2.35 bits per heavy atom. The fraction of sp³-hybridized carbons (Fsp3) is 0.474. The molecule has 2 rings (SSSR count). The fourth-order valence-corrected chi connectivity index (χ4v) is 4.01. The lowest BCUT2D eigenvalue weighted by Crippen LogP contribution is -2.26. The Kier molecular flexibility index (Phi) is 5.04. The van der Waals surface area contributed by atoms with Crippen molar-refractivity contribution in [3.05, 3.63) is 53.8 Å². The lowest BCUT2D eigenvalue weighted by molar-refractivity contribution is 0.497. The molecule has 0 bridgehead atoms. The number of aryl methyl sites for hydroxylation is 1. The van der Waals surface area contributed by atoms with Gasteiger partial charge < -0.3 is 0 Å². The van der Waals surface area contributed by atoms with Gasteiger partial charge in [-0.3, -0.25) is 4.31 Å². The zero-order valence-corrected chi connectivity index (χ0v) is 15.5. The summed E-state index contributed by atoms with van der Waals surface area (Å²) < 4.78 is 27.1. The predicted molar refractivity (Wildman–Crippen MR) is 95.5 cm³/mol. The predicted octanol–water partition coefficient (Wildman–Crippen LogP) is 4.51. The van der Waals surface area contributed by atoms with Crippen LogP contribution in [0.4, 0.5) is 0 Å². The second-order valence-electron chi connectivity index (χ2n) is 7.39. The van der Waals surface area contributed by atoms with Gasteiger partial charge in [0.15, 0.2) is 0 Å². The van der Waals surface area contributed by atoms with Gasteiger partial charge in [0, 0.05) is 12.7 Å². The molecular weight excluding hydrogens is 306 g/mol. The van der Waals surface area contributed by atoms with Crippen LogP contribution in [0.5, 0.6) is 0 Å². The Labute approximate surface area is 140 Å². The van der Waals surface area contributed by atoms with Gasteiger partial charge in [-0.15, -0.1) is 0 Å². The van der Waals surface area contributed by atoms with Crippen molar-refractivity contribution in [2.45, 2.75) is 45.9 Å². The summed E-state index contributed by atoms with van der Waals surface area (Å²) in [6, 6.07) is 7.03. The van der Waals surface area contributed by atoms with Crippen LogP contribution in [-0.2, 0) is 10.0 Å². The van der Waals surface area contributed by atoms with E-state index in [1.807, 2.05) is 25.1 Å². The summed E-state index contributed by atoms with van der Waals surface area (Å²) in [7, 11) is -3.47. The normalized spacial score (nSPS) is 21.5. The first-order chi connectivity index (χ1) is 10.6. The summed E-state index contributed by atoms with van der Waals surface area (Å²) in [5.41, 5.74) is 2.46. The first-order valence-corrected chi connectivity index (χ1v) is 9.52. The standard InChI is InChI=1S/C19H27NO2S/c1-15-6-8-18(9-7-15)23(21,22)20-12-10-16(2)17(11-13-20)14-19(3,4)5/h6-10,12,14,16H,11,13H2,1-5H3/b17-14-. The zero-order chi connectivity index (χ0) is 17.3. The van der Waals surface area contributed by atoms with Gasteiger partial charge in [-0.2, -0.15) is 0 Å². The maximum Gasteiger partial charge on any atom is 0.263 e. The van der Waals surface area contributed by atoms with Crippen molar-refractivity contribution in [3.8, 4) is 0 Å². The SMILES string of the molecule is Cc1ccc(S(=O)(=O)N2C=CC(C)/C(=C\C(C)(C)C)CC2)cc1. The van der Waals surface area contributed by atoms with Crippen LogP contribution in [0, 0.1) is 18.3 Å². The van der Waals surface area contributed by atoms with Crippen LogP contribution in [0.25, 0.3) is 0 Å². The minimum absolute atomic E-state index is 0.0996. The Balaban J connectivity index is 2.28. The highest BCUT2D eigenvalue weighted by atomic mass is 32.2. The minimum Gasteiger partial charge on any atom is -0.273 e. The molecule has 0 saturated heterocycles. The maximum absolute atomic E-state index is 12.8. The monoisotopic (exact) mass is 333 g/mol. The van der Waals surface area contributed by atoms with Crippen LogP contribution in [0.15, 0.2) is 53.1 Å². The molecule has 0 saturated carbocycles. The number of rotatable bonds is 2. The summed E-state index contributed by atoms with van der Waals surface area (Å²) in [5.74, 6) is 0.257. The topological polar surface area (TPSA) is 37.4 Å². The molecule has 1 aromatic rings. The van der Waals surface area contributed by atoms with Crippen molar-refractivity contribution in [2.24, 2.45) is 11.3 Å². The largest absolute Gasteiger partial charge is 0.273 e. The number of hydrogen-bond donors (Lipinski definition) is 0. The highest BCUT2D eigenvalue weighted by Gasteiger charge is 2.24. The summed E-state index contributed by atoms with van der Waals surface area (Å²) in [6.45, 7) is 11.1. The van der Waals surface area contributed by atoms with Crippen LogP contribution < -0.4 is 0 Å². The zero-order valence-electron chi connectivity index (χ0n) is 14.7. The molecule has 1 aliphatic rings. The molecule has 4 heteroatoms. The number of allylic oxidation sites excluding steroid dienone is 2. The molecule has 0 aromatic heterocycles. The molecule has 0 spiro atoms. The third kappa shape index (κ3) is 4.47. The molecule has 0 fully saturated rings.